The molecule has 0 saturated carbocycles. The van der Waals surface area contributed by atoms with Gasteiger partial charge in [0.2, 0.25) is 0 Å². The number of allylic oxidation sites excluding steroid dienone is 4. The maximum Gasteiger partial charge on any atom is 0.411 e. The van der Waals surface area contributed by atoms with Gasteiger partial charge < -0.3 is 33.9 Å². The molecule has 10 nitrogen and oxygen atoms in total. The first-order valence-corrected chi connectivity index (χ1v) is 18.3. The number of rotatable bonds is 4. The Hall–Kier alpha value is -2.99. The third-order valence-corrected chi connectivity index (χ3v) is 11.1. The van der Waals surface area contributed by atoms with Crippen molar-refractivity contribution in [1.29, 1.82) is 0 Å². The van der Waals surface area contributed by atoms with Crippen LogP contribution in [0.3, 0.4) is 0 Å². The number of nitrogens with one attached hydrogen (secondary N) is 1. The van der Waals surface area contributed by atoms with E-state index in [1.807, 2.05) is 6.08 Å². The van der Waals surface area contributed by atoms with Crippen LogP contribution in [0.15, 0.2) is 71.4 Å². The second kappa shape index (κ2) is 15.3. The largest absolute Gasteiger partial charge is 0.462 e. The van der Waals surface area contributed by atoms with E-state index < -0.39 is 47.7 Å². The van der Waals surface area contributed by atoms with Gasteiger partial charge >= 0.3 is 12.1 Å². The smallest absolute Gasteiger partial charge is 0.411 e. The lowest BCUT2D eigenvalue weighted by molar-refractivity contribution is -0.335. The number of aliphatic hydroxyl groups is 2. The summed E-state index contributed by atoms with van der Waals surface area (Å²) in [6.07, 6.45) is 10.2. The van der Waals surface area contributed by atoms with Crippen LogP contribution in [-0.2, 0) is 28.5 Å². The molecule has 4 heterocycles. The molecule has 1 aromatic rings. The van der Waals surface area contributed by atoms with Crippen molar-refractivity contribution in [1.82, 2.24) is 0 Å². The van der Waals surface area contributed by atoms with Gasteiger partial charge in [-0.2, -0.15) is 0 Å². The highest BCUT2D eigenvalue weighted by molar-refractivity contribution is 6.30. The summed E-state index contributed by atoms with van der Waals surface area (Å²) >= 11 is 5.95. The predicted octanol–water partition coefficient (Wildman–Crippen LogP) is 6.81. The number of anilines is 1. The average molecular weight is 712 g/mol. The fraction of sp³-hybridized carbons (Fsp3) is 0.590. The van der Waals surface area contributed by atoms with Gasteiger partial charge in [-0.3, -0.25) is 10.1 Å². The summed E-state index contributed by atoms with van der Waals surface area (Å²) < 4.78 is 31.2. The fourth-order valence-corrected chi connectivity index (χ4v) is 8.23. The number of amides is 1. The summed E-state index contributed by atoms with van der Waals surface area (Å²) in [4.78, 5) is 27.0. The molecular weight excluding hydrogens is 662 g/mol. The van der Waals surface area contributed by atoms with E-state index in [2.05, 4.69) is 45.2 Å². The number of carbonyl (C=O) groups is 2. The van der Waals surface area contributed by atoms with Gasteiger partial charge in [-0.1, -0.05) is 68.3 Å². The minimum atomic E-state index is -1.89. The van der Waals surface area contributed by atoms with Crippen LogP contribution in [0.25, 0.3) is 0 Å². The molecule has 3 saturated heterocycles. The van der Waals surface area contributed by atoms with Crippen molar-refractivity contribution in [3.63, 3.8) is 0 Å². The molecule has 3 fully saturated rings. The predicted molar refractivity (Wildman–Crippen MR) is 188 cm³/mol. The molecule has 272 valence electrons. The minimum Gasteiger partial charge on any atom is -0.462 e. The van der Waals surface area contributed by atoms with E-state index in [1.165, 1.54) is 11.6 Å². The number of fused-ring (bicyclic) bond motifs is 2. The van der Waals surface area contributed by atoms with Gasteiger partial charge in [-0.15, -0.1) is 0 Å². The van der Waals surface area contributed by atoms with E-state index >= 15 is 0 Å². The van der Waals surface area contributed by atoms with Crippen LogP contribution in [0.5, 0.6) is 0 Å². The zero-order valence-electron chi connectivity index (χ0n) is 29.3. The van der Waals surface area contributed by atoms with Gasteiger partial charge in [0.1, 0.15) is 36.4 Å². The molecule has 1 aliphatic carbocycles. The van der Waals surface area contributed by atoms with Crippen molar-refractivity contribution in [2.75, 3.05) is 18.5 Å². The number of halogens is 1. The number of ether oxygens (including phenoxy) is 5. The molecule has 50 heavy (non-hydrogen) atoms. The maximum atomic E-state index is 14.3. The zero-order chi connectivity index (χ0) is 35.6. The number of benzene rings is 1. The molecule has 5 aliphatic rings. The molecule has 10 unspecified atom stereocenters. The van der Waals surface area contributed by atoms with Crippen LogP contribution in [0.4, 0.5) is 10.5 Å². The normalized spacial score (nSPS) is 40.3. The molecule has 2 bridgehead atoms. The number of carbonyl (C=O) groups excluding carboxylic acids is 2. The Kier molecular flexibility index (Phi) is 11.3. The van der Waals surface area contributed by atoms with E-state index in [9.17, 15) is 19.8 Å². The minimum absolute atomic E-state index is 0.00553. The van der Waals surface area contributed by atoms with Crippen molar-refractivity contribution in [3.05, 3.63) is 76.4 Å². The molecule has 4 aliphatic heterocycles. The lowest BCUT2D eigenvalue weighted by atomic mass is 9.70. The Morgan fingerprint density at radius 1 is 1.16 bits per heavy atom. The molecule has 0 radical (unpaired) electrons. The number of hydrogen-bond donors (Lipinski definition) is 3. The highest BCUT2D eigenvalue weighted by atomic mass is 35.5. The summed E-state index contributed by atoms with van der Waals surface area (Å²) in [6, 6.07) is 6.53. The summed E-state index contributed by atoms with van der Waals surface area (Å²) in [5.74, 6) is -2.16. The van der Waals surface area contributed by atoms with Crippen LogP contribution in [0.2, 0.25) is 5.02 Å². The fourth-order valence-electron chi connectivity index (χ4n) is 8.10. The van der Waals surface area contributed by atoms with Crippen molar-refractivity contribution in [3.8, 4) is 0 Å². The van der Waals surface area contributed by atoms with Gasteiger partial charge in [-0.05, 0) is 79.9 Å². The van der Waals surface area contributed by atoms with Crippen molar-refractivity contribution in [2.45, 2.75) is 115 Å². The summed E-state index contributed by atoms with van der Waals surface area (Å²) in [7, 11) is 0. The number of hydrogen-bond acceptors (Lipinski definition) is 9. The molecule has 10 atom stereocenters. The quantitative estimate of drug-likeness (QED) is 0.228. The first-order chi connectivity index (χ1) is 23.9. The van der Waals surface area contributed by atoms with E-state index in [0.717, 1.165) is 19.3 Å². The average Bonchev–Trinajstić information content (AvgIpc) is 3.42. The van der Waals surface area contributed by atoms with E-state index in [4.69, 9.17) is 35.3 Å². The topological polar surface area (TPSA) is 133 Å². The van der Waals surface area contributed by atoms with Gasteiger partial charge in [0, 0.05) is 30.0 Å². The van der Waals surface area contributed by atoms with Gasteiger partial charge in [0.15, 0.2) is 5.79 Å². The Balaban J connectivity index is 1.31. The summed E-state index contributed by atoms with van der Waals surface area (Å²) in [5, 5.41) is 27.0. The first-order valence-electron chi connectivity index (χ1n) is 17.9. The van der Waals surface area contributed by atoms with Crippen LogP contribution in [-0.4, -0.2) is 77.4 Å². The van der Waals surface area contributed by atoms with Crippen molar-refractivity contribution in [2.24, 2.45) is 17.8 Å². The highest BCUT2D eigenvalue weighted by Gasteiger charge is 2.60. The third kappa shape index (κ3) is 7.91. The third-order valence-electron chi connectivity index (χ3n) is 10.8. The molecule has 3 N–H and O–H groups in total. The molecule has 6 rings (SSSR count). The Morgan fingerprint density at radius 2 is 1.94 bits per heavy atom. The lowest BCUT2D eigenvalue weighted by Crippen LogP contribution is -2.58. The SMILES string of the molecule is CCC1OC2(CCC1C)CC1CC(C/C=C(\C)CC(C)/C=C/C=C3\COC4C(O)C(COC(=O)Nc5ccc(Cl)cc5)=CC(C(=O)O1)C34O)O2. The Labute approximate surface area is 299 Å². The standard InChI is InChI=1S/C39H50ClNO9/c1-5-33-25(4)15-16-38(50-33)20-31-19-30(49-38)14-9-24(3)17-23(2)7-6-8-27-22-46-35-34(42)26(18-32(36(43)48-31)39(27,35)45)21-47-37(44)41-29-12-10-28(40)11-13-29/h6-13,18,23,25,30-35,42,45H,5,14-17,19-22H2,1-4H3,(H,41,44)/b7-6+,24-9+,27-8+. The maximum absolute atomic E-state index is 14.3. The van der Waals surface area contributed by atoms with Crippen LogP contribution >= 0.6 is 11.6 Å². The first kappa shape index (κ1) is 36.8. The van der Waals surface area contributed by atoms with Crippen molar-refractivity contribution < 1.29 is 43.5 Å². The molecule has 0 aromatic heterocycles. The summed E-state index contributed by atoms with van der Waals surface area (Å²) in [5.41, 5.74) is 0.510. The Morgan fingerprint density at radius 3 is 2.70 bits per heavy atom. The van der Waals surface area contributed by atoms with E-state index in [1.54, 1.807) is 30.3 Å². The second-order valence-electron chi connectivity index (χ2n) is 14.7. The molecular formula is C39H50ClNO9. The molecule has 1 aromatic carbocycles. The number of aliphatic hydroxyl groups excluding tert-OH is 1. The number of esters is 1. The van der Waals surface area contributed by atoms with E-state index in [-0.39, 0.29) is 36.9 Å². The van der Waals surface area contributed by atoms with Gasteiger partial charge in [-0.25, -0.2) is 4.79 Å². The monoisotopic (exact) mass is 711 g/mol. The van der Waals surface area contributed by atoms with E-state index in [0.29, 0.717) is 47.9 Å². The molecule has 1 amide bonds. The molecule has 11 heteroatoms. The Bertz CT molecular complexity index is 1540. The second-order valence-corrected chi connectivity index (χ2v) is 15.1. The molecule has 1 spiro atoms. The lowest BCUT2D eigenvalue weighted by Gasteiger charge is -2.50. The highest BCUT2D eigenvalue weighted by Crippen LogP contribution is 2.47. The van der Waals surface area contributed by atoms with Gasteiger partial charge in [0.25, 0.3) is 0 Å². The zero-order valence-corrected chi connectivity index (χ0v) is 30.1. The van der Waals surface area contributed by atoms with Gasteiger partial charge in [0.05, 0.1) is 18.8 Å². The summed E-state index contributed by atoms with van der Waals surface area (Å²) in [6.45, 7) is 8.23. The van der Waals surface area contributed by atoms with Crippen LogP contribution in [0.1, 0.15) is 72.6 Å². The van der Waals surface area contributed by atoms with Crippen LogP contribution < -0.4 is 5.32 Å². The van der Waals surface area contributed by atoms with Crippen molar-refractivity contribution >= 4 is 29.4 Å². The van der Waals surface area contributed by atoms with Crippen LogP contribution in [0, 0.1) is 17.8 Å².